The summed E-state index contributed by atoms with van der Waals surface area (Å²) in [5.41, 5.74) is 5.18. The van der Waals surface area contributed by atoms with Gasteiger partial charge in [0.1, 0.15) is 17.2 Å². The Morgan fingerprint density at radius 2 is 1.15 bits per heavy atom. The molecular weight excluding hydrogens is 586 g/mol. The van der Waals surface area contributed by atoms with E-state index in [-0.39, 0.29) is 0 Å². The van der Waals surface area contributed by atoms with Crippen LogP contribution in [0.25, 0.3) is 44.3 Å². The topological polar surface area (TPSA) is 51.1 Å². The number of rotatable bonds is 7. The molecule has 6 heteroatoms. The van der Waals surface area contributed by atoms with Crippen molar-refractivity contribution in [1.82, 2.24) is 4.57 Å². The van der Waals surface area contributed by atoms with Gasteiger partial charge in [0.2, 0.25) is 0 Å². The van der Waals surface area contributed by atoms with Crippen LogP contribution < -0.4 is 23.7 Å². The van der Waals surface area contributed by atoms with Crippen LogP contribution in [0.5, 0.6) is 28.7 Å². The third kappa shape index (κ3) is 4.32. The fraction of sp³-hybridized carbons (Fsp3) is 0.122. The van der Waals surface area contributed by atoms with Crippen LogP contribution >= 0.6 is 0 Å². The molecule has 1 aliphatic rings. The number of ether oxygens (including phenoxy) is 5. The average Bonchev–Trinajstić information content (AvgIpc) is 3.50. The number of aromatic nitrogens is 1. The predicted octanol–water partition coefficient (Wildman–Crippen LogP) is 9.32. The number of hydrogen-bond acceptors (Lipinski definition) is 5. The maximum atomic E-state index is 7.44. The second-order valence-electron chi connectivity index (χ2n) is 11.5. The van der Waals surface area contributed by atoms with Crippen molar-refractivity contribution < 1.29 is 23.7 Å². The van der Waals surface area contributed by atoms with Crippen molar-refractivity contribution in [3.63, 3.8) is 0 Å². The van der Waals surface area contributed by atoms with E-state index in [4.69, 9.17) is 23.7 Å². The molecule has 0 N–H and O–H groups in total. The fourth-order valence-electron chi connectivity index (χ4n) is 6.95. The molecule has 0 amide bonds. The van der Waals surface area contributed by atoms with E-state index in [0.717, 1.165) is 72.2 Å². The Balaban J connectivity index is 1.52. The van der Waals surface area contributed by atoms with Crippen LogP contribution in [0.4, 0.5) is 0 Å². The van der Waals surface area contributed by atoms with Crippen molar-refractivity contribution in [3.8, 4) is 34.4 Å². The second-order valence-corrected chi connectivity index (χ2v) is 11.5. The molecule has 0 unspecified atom stereocenters. The first kappa shape index (κ1) is 28.6. The molecule has 7 aromatic rings. The van der Waals surface area contributed by atoms with Crippen LogP contribution in [-0.2, 0) is 5.60 Å². The Kier molecular flexibility index (Phi) is 6.80. The van der Waals surface area contributed by atoms with E-state index in [1.54, 1.807) is 28.4 Å². The van der Waals surface area contributed by atoms with Gasteiger partial charge in [0, 0.05) is 38.5 Å². The largest absolute Gasteiger partial charge is 0.497 e. The van der Waals surface area contributed by atoms with Crippen LogP contribution in [0, 0.1) is 0 Å². The molecule has 0 atom stereocenters. The van der Waals surface area contributed by atoms with Gasteiger partial charge in [0.25, 0.3) is 0 Å². The summed E-state index contributed by atoms with van der Waals surface area (Å²) >= 11 is 0. The first-order valence-corrected chi connectivity index (χ1v) is 15.5. The highest BCUT2D eigenvalue weighted by Crippen LogP contribution is 2.52. The number of benzene rings is 6. The van der Waals surface area contributed by atoms with Gasteiger partial charge in [-0.1, -0.05) is 60.7 Å². The van der Waals surface area contributed by atoms with Gasteiger partial charge in [0.15, 0.2) is 17.1 Å². The van der Waals surface area contributed by atoms with Gasteiger partial charge >= 0.3 is 0 Å². The number of hydrogen-bond donors (Lipinski definition) is 0. The van der Waals surface area contributed by atoms with E-state index < -0.39 is 5.60 Å². The molecule has 6 nitrogen and oxygen atoms in total. The Morgan fingerprint density at radius 1 is 0.574 bits per heavy atom. The lowest BCUT2D eigenvalue weighted by Gasteiger charge is -2.37. The molecule has 6 aromatic carbocycles. The highest BCUT2D eigenvalue weighted by atomic mass is 16.5. The molecule has 1 aliphatic heterocycles. The van der Waals surface area contributed by atoms with Crippen LogP contribution in [0.15, 0.2) is 121 Å². The van der Waals surface area contributed by atoms with Crippen LogP contribution in [-0.4, -0.2) is 33.0 Å². The second kappa shape index (κ2) is 11.2. The predicted molar refractivity (Wildman–Crippen MR) is 188 cm³/mol. The lowest BCUT2D eigenvalue weighted by molar-refractivity contribution is 0.163. The molecule has 47 heavy (non-hydrogen) atoms. The zero-order valence-corrected chi connectivity index (χ0v) is 26.6. The number of fused-ring (bicyclic) bond motifs is 8. The standard InChI is InChI=1S/C41H33NO5/c1-43-29-18-14-26(15-19-29)41(27-16-20-30(44-2)21-17-27)23-22-32-39-38(33-24-36(45-3)37(46-4)25-34(33)40(32)47-41)31-12-8-9-13-35(31)42(39)28-10-6-5-7-11-28/h5-25H,1-4H3. The zero-order chi connectivity index (χ0) is 32.1. The summed E-state index contributed by atoms with van der Waals surface area (Å²) in [6, 6.07) is 39.2. The van der Waals surface area contributed by atoms with Gasteiger partial charge in [-0.05, 0) is 72.1 Å². The van der Waals surface area contributed by atoms with Crippen molar-refractivity contribution in [3.05, 3.63) is 138 Å². The molecule has 232 valence electrons. The van der Waals surface area contributed by atoms with Gasteiger partial charge in [-0.2, -0.15) is 0 Å². The molecule has 0 spiro atoms. The SMILES string of the molecule is COc1ccc(C2(c3ccc(OC)cc3)C=Cc3c(c4cc(OC)c(OC)cc4c4c5ccccc5n(-c5ccccc5)c34)O2)cc1. The normalized spacial score (nSPS) is 13.4. The van der Waals surface area contributed by atoms with E-state index in [0.29, 0.717) is 11.5 Å². The molecule has 2 heterocycles. The van der Waals surface area contributed by atoms with Gasteiger partial charge in [0.05, 0.1) is 39.5 Å². The highest BCUT2D eigenvalue weighted by molar-refractivity contribution is 6.25. The average molecular weight is 620 g/mol. The Bertz CT molecular complexity index is 2250. The molecular formula is C41H33NO5. The van der Waals surface area contributed by atoms with Gasteiger partial charge in [-0.3, -0.25) is 0 Å². The van der Waals surface area contributed by atoms with E-state index in [2.05, 4.69) is 95.6 Å². The summed E-state index contributed by atoms with van der Waals surface area (Å²) in [7, 11) is 6.68. The smallest absolute Gasteiger partial charge is 0.178 e. The number of methoxy groups -OCH3 is 4. The first-order chi connectivity index (χ1) is 23.1. The van der Waals surface area contributed by atoms with Crippen LogP contribution in [0.1, 0.15) is 16.7 Å². The fourth-order valence-corrected chi connectivity index (χ4v) is 6.95. The minimum Gasteiger partial charge on any atom is -0.497 e. The van der Waals surface area contributed by atoms with Crippen LogP contribution in [0.3, 0.4) is 0 Å². The third-order valence-corrected chi connectivity index (χ3v) is 9.21. The summed E-state index contributed by atoms with van der Waals surface area (Å²) in [6.07, 6.45) is 4.38. The third-order valence-electron chi connectivity index (χ3n) is 9.21. The van der Waals surface area contributed by atoms with E-state index in [1.807, 2.05) is 36.4 Å². The molecule has 0 fully saturated rings. The Labute approximate surface area is 272 Å². The monoisotopic (exact) mass is 619 g/mol. The van der Waals surface area contributed by atoms with Crippen molar-refractivity contribution >= 4 is 38.7 Å². The molecule has 1 aromatic heterocycles. The summed E-state index contributed by atoms with van der Waals surface area (Å²) in [4.78, 5) is 0. The van der Waals surface area contributed by atoms with E-state index in [9.17, 15) is 0 Å². The summed E-state index contributed by atoms with van der Waals surface area (Å²) in [5, 5.41) is 4.20. The molecule has 8 rings (SSSR count). The van der Waals surface area contributed by atoms with Crippen molar-refractivity contribution in [2.75, 3.05) is 28.4 Å². The highest BCUT2D eigenvalue weighted by Gasteiger charge is 2.39. The quantitative estimate of drug-likeness (QED) is 0.178. The molecule has 0 saturated carbocycles. The Hall–Kier alpha value is -5.88. The van der Waals surface area contributed by atoms with Crippen molar-refractivity contribution in [1.29, 1.82) is 0 Å². The zero-order valence-electron chi connectivity index (χ0n) is 26.6. The lowest BCUT2D eigenvalue weighted by Crippen LogP contribution is -2.34. The summed E-state index contributed by atoms with van der Waals surface area (Å²) in [6.45, 7) is 0. The lowest BCUT2D eigenvalue weighted by atomic mass is 9.82. The maximum Gasteiger partial charge on any atom is 0.178 e. The molecule has 0 radical (unpaired) electrons. The van der Waals surface area contributed by atoms with Crippen molar-refractivity contribution in [2.45, 2.75) is 5.60 Å². The minimum absolute atomic E-state index is 0.631. The van der Waals surface area contributed by atoms with Gasteiger partial charge in [-0.25, -0.2) is 0 Å². The summed E-state index contributed by atoms with van der Waals surface area (Å²) < 4.78 is 32.5. The number of para-hydroxylation sites is 2. The number of nitrogens with zero attached hydrogens (tertiary/aromatic N) is 1. The molecule has 0 bridgehead atoms. The van der Waals surface area contributed by atoms with Crippen LogP contribution in [0.2, 0.25) is 0 Å². The van der Waals surface area contributed by atoms with Gasteiger partial charge < -0.3 is 28.3 Å². The van der Waals surface area contributed by atoms with E-state index in [1.165, 1.54) is 0 Å². The van der Waals surface area contributed by atoms with Gasteiger partial charge in [-0.15, -0.1) is 0 Å². The first-order valence-electron chi connectivity index (χ1n) is 15.5. The minimum atomic E-state index is -0.955. The Morgan fingerprint density at radius 3 is 1.74 bits per heavy atom. The van der Waals surface area contributed by atoms with Crippen molar-refractivity contribution in [2.24, 2.45) is 0 Å². The maximum absolute atomic E-state index is 7.44. The molecule has 0 saturated heterocycles. The van der Waals surface area contributed by atoms with E-state index >= 15 is 0 Å². The summed E-state index contributed by atoms with van der Waals surface area (Å²) in [5.74, 6) is 3.58. The molecule has 0 aliphatic carbocycles.